The number of anilines is 1. The summed E-state index contributed by atoms with van der Waals surface area (Å²) in [5, 5.41) is 2.56. The Kier molecular flexibility index (Phi) is 5.89. The first kappa shape index (κ1) is 21.6. The molecule has 0 aliphatic rings. The number of benzene rings is 2. The molecule has 0 unspecified atom stereocenters. The van der Waals surface area contributed by atoms with Gasteiger partial charge in [0.05, 0.1) is 9.79 Å². The third kappa shape index (κ3) is 4.41. The Morgan fingerprint density at radius 3 is 2.00 bits per heavy atom. The summed E-state index contributed by atoms with van der Waals surface area (Å²) < 4.78 is 48.3. The van der Waals surface area contributed by atoms with Gasteiger partial charge in [-0.2, -0.15) is 0 Å². The van der Waals surface area contributed by atoms with Crippen LogP contribution in [0.3, 0.4) is 0 Å². The molecule has 6 nitrogen and oxygen atoms in total. The topological polar surface area (TPSA) is 97.4 Å². The summed E-state index contributed by atoms with van der Waals surface area (Å²) in [6, 6.07) is 10.3. The van der Waals surface area contributed by atoms with E-state index in [0.717, 1.165) is 10.7 Å². The number of nitrogens with one attached hydrogen (secondary N) is 1. The highest BCUT2D eigenvalue weighted by molar-refractivity contribution is 9.10. The highest BCUT2D eigenvalue weighted by atomic mass is 79.9. The number of amides is 1. The first-order chi connectivity index (χ1) is 12.3. The maximum absolute atomic E-state index is 12.9. The summed E-state index contributed by atoms with van der Waals surface area (Å²) in [6.45, 7) is 4.32. The Hall–Kier alpha value is -1.71. The molecule has 0 atom stereocenters. The molecule has 0 aliphatic carbocycles. The summed E-state index contributed by atoms with van der Waals surface area (Å²) in [7, 11) is -7.44. The van der Waals surface area contributed by atoms with Gasteiger partial charge in [0.25, 0.3) is 0 Å². The molecule has 2 aromatic carbocycles. The van der Waals surface area contributed by atoms with Crippen LogP contribution in [0.2, 0.25) is 0 Å². The van der Waals surface area contributed by atoms with Crippen LogP contribution in [0.1, 0.15) is 19.4 Å². The summed E-state index contributed by atoms with van der Waals surface area (Å²) in [4.78, 5) is 12.8. The molecule has 1 N–H and O–H groups in total. The number of carbonyl (C=O) groups is 1. The molecule has 0 radical (unpaired) electrons. The predicted molar refractivity (Wildman–Crippen MR) is 108 cm³/mol. The molecule has 0 fully saturated rings. The molecule has 9 heteroatoms. The van der Waals surface area contributed by atoms with Gasteiger partial charge in [0, 0.05) is 16.4 Å². The number of hydrogen-bond donors (Lipinski definition) is 1. The first-order valence-corrected chi connectivity index (χ1v) is 12.1. The van der Waals surface area contributed by atoms with Crippen LogP contribution in [0, 0.1) is 6.92 Å². The highest BCUT2D eigenvalue weighted by Crippen LogP contribution is 2.29. The SMILES string of the molecule is Cc1ccc(S(C)(=O)=O)cc1NC(=O)C(C)(C)S(=O)(=O)c1ccc(Br)cc1. The van der Waals surface area contributed by atoms with E-state index in [0.29, 0.717) is 5.56 Å². The van der Waals surface area contributed by atoms with Gasteiger partial charge in [-0.1, -0.05) is 22.0 Å². The third-order valence-electron chi connectivity index (χ3n) is 4.23. The molecule has 27 heavy (non-hydrogen) atoms. The lowest BCUT2D eigenvalue weighted by Gasteiger charge is -2.24. The van der Waals surface area contributed by atoms with Gasteiger partial charge in [0.15, 0.2) is 19.7 Å². The lowest BCUT2D eigenvalue weighted by molar-refractivity contribution is -0.117. The van der Waals surface area contributed by atoms with Crippen molar-refractivity contribution in [2.24, 2.45) is 0 Å². The largest absolute Gasteiger partial charge is 0.324 e. The number of rotatable bonds is 5. The van der Waals surface area contributed by atoms with E-state index >= 15 is 0 Å². The summed E-state index contributed by atoms with van der Waals surface area (Å²) in [6.07, 6.45) is 1.06. The van der Waals surface area contributed by atoms with Crippen LogP contribution in [-0.2, 0) is 24.5 Å². The van der Waals surface area contributed by atoms with Crippen molar-refractivity contribution in [1.29, 1.82) is 0 Å². The average Bonchev–Trinajstić information content (AvgIpc) is 2.55. The number of hydrogen-bond acceptors (Lipinski definition) is 5. The second-order valence-electron chi connectivity index (χ2n) is 6.67. The van der Waals surface area contributed by atoms with Crippen molar-refractivity contribution in [3.05, 3.63) is 52.5 Å². The molecule has 0 spiro atoms. The van der Waals surface area contributed by atoms with E-state index in [2.05, 4.69) is 21.2 Å². The maximum Gasteiger partial charge on any atom is 0.245 e. The minimum Gasteiger partial charge on any atom is -0.324 e. The summed E-state index contributed by atoms with van der Waals surface area (Å²) in [5.41, 5.74) is 0.870. The van der Waals surface area contributed by atoms with Crippen LogP contribution < -0.4 is 5.32 Å². The fraction of sp³-hybridized carbons (Fsp3) is 0.278. The number of carbonyl (C=O) groups excluding carboxylic acids is 1. The van der Waals surface area contributed by atoms with E-state index in [9.17, 15) is 21.6 Å². The fourth-order valence-electron chi connectivity index (χ4n) is 2.27. The first-order valence-electron chi connectivity index (χ1n) is 7.89. The quantitative estimate of drug-likeness (QED) is 0.717. The Bertz CT molecular complexity index is 1090. The zero-order valence-corrected chi connectivity index (χ0v) is 18.5. The van der Waals surface area contributed by atoms with E-state index in [1.165, 1.54) is 38.1 Å². The molecule has 0 saturated carbocycles. The van der Waals surface area contributed by atoms with Crippen LogP contribution in [0.25, 0.3) is 0 Å². The van der Waals surface area contributed by atoms with Gasteiger partial charge >= 0.3 is 0 Å². The van der Waals surface area contributed by atoms with E-state index in [1.54, 1.807) is 25.1 Å². The molecule has 0 aromatic heterocycles. The van der Waals surface area contributed by atoms with Crippen molar-refractivity contribution in [3.63, 3.8) is 0 Å². The minimum absolute atomic E-state index is 0.0208. The molecule has 0 aliphatic heterocycles. The summed E-state index contributed by atoms with van der Waals surface area (Å²) >= 11 is 3.24. The molecule has 1 amide bonds. The predicted octanol–water partition coefficient (Wildman–Crippen LogP) is 3.35. The van der Waals surface area contributed by atoms with Gasteiger partial charge < -0.3 is 5.32 Å². The molecule has 0 heterocycles. The number of aryl methyl sites for hydroxylation is 1. The van der Waals surface area contributed by atoms with E-state index in [1.807, 2.05) is 0 Å². The van der Waals surface area contributed by atoms with E-state index in [4.69, 9.17) is 0 Å². The van der Waals surface area contributed by atoms with Crippen molar-refractivity contribution in [2.75, 3.05) is 11.6 Å². The second kappa shape index (κ2) is 7.37. The van der Waals surface area contributed by atoms with Gasteiger partial charge in [0.1, 0.15) is 4.75 Å². The Morgan fingerprint density at radius 1 is 0.963 bits per heavy atom. The standard InChI is InChI=1S/C18H20BrNO5S2/c1-12-5-8-15(26(4,22)23)11-16(12)20-17(21)18(2,3)27(24,25)14-9-6-13(19)7-10-14/h5-11H,1-4H3,(H,20,21). The van der Waals surface area contributed by atoms with Gasteiger partial charge in [-0.15, -0.1) is 0 Å². The van der Waals surface area contributed by atoms with Gasteiger partial charge in [-0.25, -0.2) is 16.8 Å². The van der Waals surface area contributed by atoms with Crippen LogP contribution in [0.15, 0.2) is 56.7 Å². The van der Waals surface area contributed by atoms with Crippen molar-refractivity contribution in [2.45, 2.75) is 35.3 Å². The molecule has 146 valence electrons. The lowest BCUT2D eigenvalue weighted by Crippen LogP contribution is -2.44. The maximum atomic E-state index is 12.9. The third-order valence-corrected chi connectivity index (χ3v) is 8.29. The smallest absolute Gasteiger partial charge is 0.245 e. The van der Waals surface area contributed by atoms with Crippen molar-refractivity contribution in [1.82, 2.24) is 0 Å². The molecule has 0 bridgehead atoms. The van der Waals surface area contributed by atoms with Gasteiger partial charge in [-0.05, 0) is 62.7 Å². The van der Waals surface area contributed by atoms with Gasteiger partial charge in [0.2, 0.25) is 5.91 Å². The zero-order chi connectivity index (χ0) is 20.6. The molecule has 2 rings (SSSR count). The number of halogens is 1. The molecule has 0 saturated heterocycles. The number of sulfone groups is 2. The monoisotopic (exact) mass is 473 g/mol. The Morgan fingerprint density at radius 2 is 1.48 bits per heavy atom. The van der Waals surface area contributed by atoms with E-state index < -0.39 is 30.3 Å². The van der Waals surface area contributed by atoms with Crippen molar-refractivity contribution in [3.8, 4) is 0 Å². The molecular weight excluding hydrogens is 454 g/mol. The molecular formula is C18H20BrNO5S2. The molecule has 2 aromatic rings. The van der Waals surface area contributed by atoms with E-state index in [-0.39, 0.29) is 15.5 Å². The highest BCUT2D eigenvalue weighted by Gasteiger charge is 2.43. The Labute approximate surface area is 168 Å². The van der Waals surface area contributed by atoms with Crippen LogP contribution >= 0.6 is 15.9 Å². The second-order valence-corrected chi connectivity index (χ2v) is 12.1. The van der Waals surface area contributed by atoms with Crippen molar-refractivity contribution < 1.29 is 21.6 Å². The van der Waals surface area contributed by atoms with Crippen LogP contribution in [-0.4, -0.2) is 33.7 Å². The van der Waals surface area contributed by atoms with Gasteiger partial charge in [-0.3, -0.25) is 4.79 Å². The Balaban J connectivity index is 2.41. The van der Waals surface area contributed by atoms with Crippen LogP contribution in [0.4, 0.5) is 5.69 Å². The summed E-state index contributed by atoms with van der Waals surface area (Å²) in [5.74, 6) is -0.751. The zero-order valence-electron chi connectivity index (χ0n) is 15.3. The lowest BCUT2D eigenvalue weighted by atomic mass is 10.1. The fourth-order valence-corrected chi connectivity index (χ4v) is 4.56. The minimum atomic E-state index is -3.98. The average molecular weight is 474 g/mol. The normalized spacial score (nSPS) is 12.6. The van der Waals surface area contributed by atoms with Crippen molar-refractivity contribution >= 4 is 47.2 Å². The van der Waals surface area contributed by atoms with Crippen LogP contribution in [0.5, 0.6) is 0 Å².